The van der Waals surface area contributed by atoms with Gasteiger partial charge in [0.15, 0.2) is 0 Å². The Morgan fingerprint density at radius 3 is 2.18 bits per heavy atom. The van der Waals surface area contributed by atoms with Crippen molar-refractivity contribution in [3.63, 3.8) is 0 Å². The van der Waals surface area contributed by atoms with Crippen molar-refractivity contribution in [2.75, 3.05) is 0 Å². The average Bonchev–Trinajstić information content (AvgIpc) is 2.71. The number of rotatable bonds is 5. The number of carbonyl (C=O) groups is 2. The second-order valence-electron chi connectivity index (χ2n) is 6.94. The largest absolute Gasteiger partial charge is 0.349 e. The molecule has 1 fully saturated rings. The molecule has 0 saturated heterocycles. The summed E-state index contributed by atoms with van der Waals surface area (Å²) >= 11 is 12.1. The van der Waals surface area contributed by atoms with E-state index in [1.54, 1.807) is 18.2 Å². The highest BCUT2D eigenvalue weighted by molar-refractivity contribution is 6.43. The minimum absolute atomic E-state index is 0.0629. The van der Waals surface area contributed by atoms with E-state index in [1.807, 2.05) is 30.3 Å². The number of benzene rings is 2. The van der Waals surface area contributed by atoms with Gasteiger partial charge in [-0.3, -0.25) is 4.79 Å². The number of carbonyl (C=O) groups excluding carboxylic acids is 2. The third-order valence-corrected chi connectivity index (χ3v) is 5.71. The zero-order valence-electron chi connectivity index (χ0n) is 15.4. The van der Waals surface area contributed by atoms with Crippen molar-refractivity contribution in [1.29, 1.82) is 0 Å². The summed E-state index contributed by atoms with van der Waals surface area (Å²) in [5.74, 6) is -0.218. The lowest BCUT2D eigenvalue weighted by Gasteiger charge is -2.29. The van der Waals surface area contributed by atoms with Crippen LogP contribution in [0.4, 0.5) is 4.79 Å². The molecular formula is C21H23Cl2N3O2. The molecule has 0 aliphatic heterocycles. The monoisotopic (exact) mass is 419 g/mol. The van der Waals surface area contributed by atoms with Crippen LogP contribution in [0.5, 0.6) is 0 Å². The third-order valence-electron chi connectivity index (χ3n) is 4.89. The van der Waals surface area contributed by atoms with Gasteiger partial charge in [-0.2, -0.15) is 0 Å². The lowest BCUT2D eigenvalue weighted by atomic mass is 9.91. The van der Waals surface area contributed by atoms with Crippen LogP contribution in [0.25, 0.3) is 0 Å². The predicted molar refractivity (Wildman–Crippen MR) is 112 cm³/mol. The Balaban J connectivity index is 1.41. The van der Waals surface area contributed by atoms with Gasteiger partial charge in [0.2, 0.25) is 0 Å². The molecule has 1 aliphatic rings. The van der Waals surface area contributed by atoms with E-state index in [2.05, 4.69) is 16.0 Å². The van der Waals surface area contributed by atoms with Crippen molar-refractivity contribution in [1.82, 2.24) is 16.0 Å². The van der Waals surface area contributed by atoms with Crippen LogP contribution >= 0.6 is 23.2 Å². The standard InChI is InChI=1S/C21H23Cl2N3O2/c22-18-8-4-7-17(19(18)23)20(27)25-15-9-11-16(12-10-15)26-21(28)24-13-14-5-2-1-3-6-14/h1-8,15-16H,9-13H2,(H,25,27)(H2,24,26,28). The van der Waals surface area contributed by atoms with E-state index in [0.717, 1.165) is 31.2 Å². The number of urea groups is 1. The molecule has 28 heavy (non-hydrogen) atoms. The lowest BCUT2D eigenvalue weighted by Crippen LogP contribution is -2.46. The molecule has 0 aromatic heterocycles. The van der Waals surface area contributed by atoms with E-state index in [9.17, 15) is 9.59 Å². The second-order valence-corrected chi connectivity index (χ2v) is 7.72. The van der Waals surface area contributed by atoms with E-state index in [-0.39, 0.29) is 29.0 Å². The van der Waals surface area contributed by atoms with Crippen LogP contribution in [0.3, 0.4) is 0 Å². The van der Waals surface area contributed by atoms with Crippen molar-refractivity contribution >= 4 is 35.1 Å². The Bertz CT molecular complexity index is 822. The topological polar surface area (TPSA) is 70.2 Å². The zero-order valence-corrected chi connectivity index (χ0v) is 16.9. The summed E-state index contributed by atoms with van der Waals surface area (Å²) in [7, 11) is 0. The summed E-state index contributed by atoms with van der Waals surface area (Å²) in [6, 6.07) is 14.8. The number of nitrogens with one attached hydrogen (secondary N) is 3. The molecule has 2 aromatic carbocycles. The molecule has 148 valence electrons. The fourth-order valence-electron chi connectivity index (χ4n) is 3.34. The van der Waals surface area contributed by atoms with Gasteiger partial charge in [-0.1, -0.05) is 59.6 Å². The first-order chi connectivity index (χ1) is 13.5. The van der Waals surface area contributed by atoms with E-state index >= 15 is 0 Å². The third kappa shape index (κ3) is 5.63. The highest BCUT2D eigenvalue weighted by atomic mass is 35.5. The second kappa shape index (κ2) is 9.80. The van der Waals surface area contributed by atoms with E-state index in [1.165, 1.54) is 0 Å². The Labute approximate surface area is 174 Å². The Hall–Kier alpha value is -2.24. The molecule has 0 heterocycles. The maximum Gasteiger partial charge on any atom is 0.315 e. The van der Waals surface area contributed by atoms with Crippen LogP contribution < -0.4 is 16.0 Å². The molecule has 3 N–H and O–H groups in total. The maximum absolute atomic E-state index is 12.4. The Morgan fingerprint density at radius 2 is 1.50 bits per heavy atom. The summed E-state index contributed by atoms with van der Waals surface area (Å²) in [5, 5.41) is 9.53. The van der Waals surface area contributed by atoms with Gasteiger partial charge >= 0.3 is 6.03 Å². The van der Waals surface area contributed by atoms with E-state index < -0.39 is 0 Å². The van der Waals surface area contributed by atoms with Crippen LogP contribution in [0.1, 0.15) is 41.6 Å². The quantitative estimate of drug-likeness (QED) is 0.665. The first-order valence-corrected chi connectivity index (χ1v) is 10.1. The molecule has 1 saturated carbocycles. The van der Waals surface area contributed by atoms with Crippen LogP contribution in [-0.4, -0.2) is 24.0 Å². The fraction of sp³-hybridized carbons (Fsp3) is 0.333. The minimum Gasteiger partial charge on any atom is -0.349 e. The van der Waals surface area contributed by atoms with Crippen LogP contribution in [-0.2, 0) is 6.54 Å². The van der Waals surface area contributed by atoms with Gasteiger partial charge < -0.3 is 16.0 Å². The maximum atomic E-state index is 12.4. The summed E-state index contributed by atoms with van der Waals surface area (Å²) in [4.78, 5) is 24.5. The average molecular weight is 420 g/mol. The van der Waals surface area contributed by atoms with Crippen molar-refractivity contribution < 1.29 is 9.59 Å². The van der Waals surface area contributed by atoms with Crippen LogP contribution in [0.15, 0.2) is 48.5 Å². The van der Waals surface area contributed by atoms with Gasteiger partial charge in [0.1, 0.15) is 0 Å². The fourth-order valence-corrected chi connectivity index (χ4v) is 3.73. The van der Waals surface area contributed by atoms with E-state index in [4.69, 9.17) is 23.2 Å². The predicted octanol–water partition coefficient (Wildman–Crippen LogP) is 4.53. The number of amides is 3. The molecule has 3 rings (SSSR count). The minimum atomic E-state index is -0.218. The van der Waals surface area contributed by atoms with Gasteiger partial charge in [-0.25, -0.2) is 4.79 Å². The molecular weight excluding hydrogens is 397 g/mol. The van der Waals surface area contributed by atoms with Gasteiger partial charge in [-0.15, -0.1) is 0 Å². The molecule has 7 heteroatoms. The normalized spacial score (nSPS) is 18.9. The molecule has 0 bridgehead atoms. The summed E-state index contributed by atoms with van der Waals surface area (Å²) < 4.78 is 0. The summed E-state index contributed by atoms with van der Waals surface area (Å²) in [5.41, 5.74) is 1.44. The first-order valence-electron chi connectivity index (χ1n) is 9.36. The van der Waals surface area contributed by atoms with Gasteiger partial charge in [0, 0.05) is 18.6 Å². The molecule has 1 aliphatic carbocycles. The van der Waals surface area contributed by atoms with Crippen molar-refractivity contribution in [2.45, 2.75) is 44.3 Å². The number of hydrogen-bond donors (Lipinski definition) is 3. The lowest BCUT2D eigenvalue weighted by molar-refractivity contribution is 0.0924. The van der Waals surface area contributed by atoms with Crippen LogP contribution in [0, 0.1) is 0 Å². The highest BCUT2D eigenvalue weighted by Gasteiger charge is 2.24. The molecule has 0 atom stereocenters. The number of halogens is 2. The molecule has 2 aromatic rings. The van der Waals surface area contributed by atoms with Crippen molar-refractivity contribution in [3.05, 3.63) is 69.7 Å². The molecule has 0 unspecified atom stereocenters. The summed E-state index contributed by atoms with van der Waals surface area (Å²) in [6.45, 7) is 0.498. The van der Waals surface area contributed by atoms with Crippen molar-refractivity contribution in [3.8, 4) is 0 Å². The summed E-state index contributed by atoms with van der Waals surface area (Å²) in [6.07, 6.45) is 3.22. The SMILES string of the molecule is O=C(NCc1ccccc1)NC1CCC(NC(=O)c2cccc(Cl)c2Cl)CC1. The molecule has 0 spiro atoms. The van der Waals surface area contributed by atoms with Crippen LogP contribution in [0.2, 0.25) is 10.0 Å². The zero-order chi connectivity index (χ0) is 19.9. The smallest absolute Gasteiger partial charge is 0.315 e. The molecule has 3 amide bonds. The van der Waals surface area contributed by atoms with Gasteiger partial charge in [0.05, 0.1) is 15.6 Å². The Morgan fingerprint density at radius 1 is 0.857 bits per heavy atom. The first kappa shape index (κ1) is 20.5. The highest BCUT2D eigenvalue weighted by Crippen LogP contribution is 2.26. The van der Waals surface area contributed by atoms with Crippen molar-refractivity contribution in [2.24, 2.45) is 0 Å². The number of hydrogen-bond acceptors (Lipinski definition) is 2. The Kier molecular flexibility index (Phi) is 7.18. The molecule has 0 radical (unpaired) electrons. The van der Waals surface area contributed by atoms with Gasteiger partial charge in [0.25, 0.3) is 5.91 Å². The van der Waals surface area contributed by atoms with E-state index in [0.29, 0.717) is 17.1 Å². The van der Waals surface area contributed by atoms with Gasteiger partial charge in [-0.05, 0) is 43.4 Å². The molecule has 5 nitrogen and oxygen atoms in total.